The van der Waals surface area contributed by atoms with Crippen LogP contribution in [0.4, 0.5) is 13.2 Å². The first kappa shape index (κ1) is 24.1. The lowest BCUT2D eigenvalue weighted by molar-refractivity contribution is -0.240. The average molecular weight is 470 g/mol. The van der Waals surface area contributed by atoms with Crippen molar-refractivity contribution in [1.82, 2.24) is 0 Å². The Morgan fingerprint density at radius 1 is 1.18 bits per heavy atom. The number of fused-ring (bicyclic) bond motifs is 5. The van der Waals surface area contributed by atoms with Crippen molar-refractivity contribution in [2.45, 2.75) is 70.3 Å². The van der Waals surface area contributed by atoms with Gasteiger partial charge in [0, 0.05) is 30.3 Å². The van der Waals surface area contributed by atoms with Gasteiger partial charge in [0.05, 0.1) is 11.5 Å². The minimum Gasteiger partial charge on any atom is -0.458 e. The van der Waals surface area contributed by atoms with Gasteiger partial charge in [0.1, 0.15) is 5.60 Å². The van der Waals surface area contributed by atoms with Crippen LogP contribution in [0.3, 0.4) is 0 Å². The number of ether oxygens (including phenoxy) is 1. The Hall–Kier alpha value is -2.00. The summed E-state index contributed by atoms with van der Waals surface area (Å²) in [6.45, 7) is 4.77. The summed E-state index contributed by atoms with van der Waals surface area (Å²) >= 11 is 0. The van der Waals surface area contributed by atoms with Crippen LogP contribution < -0.4 is 0 Å². The van der Waals surface area contributed by atoms with Gasteiger partial charge in [-0.1, -0.05) is 19.9 Å². The van der Waals surface area contributed by atoms with Crippen molar-refractivity contribution in [2.75, 3.05) is 6.61 Å². The van der Waals surface area contributed by atoms with Gasteiger partial charge in [0.2, 0.25) is 5.78 Å². The first-order valence-electron chi connectivity index (χ1n) is 11.2. The predicted octanol–water partition coefficient (Wildman–Crippen LogP) is 2.71. The van der Waals surface area contributed by atoms with Gasteiger partial charge in [0.15, 0.2) is 18.1 Å². The highest BCUT2D eigenvalue weighted by molar-refractivity contribution is 6.01. The zero-order valence-corrected chi connectivity index (χ0v) is 19.0. The van der Waals surface area contributed by atoms with Crippen LogP contribution in [0.25, 0.3) is 0 Å². The first-order valence-corrected chi connectivity index (χ1v) is 11.2. The highest BCUT2D eigenvalue weighted by atomic mass is 19.3. The number of esters is 1. The topological polar surface area (TPSA) is 101 Å². The van der Waals surface area contributed by atoms with E-state index >= 15 is 13.2 Å². The molecule has 4 rings (SSSR count). The van der Waals surface area contributed by atoms with E-state index in [0.717, 1.165) is 25.2 Å². The highest BCUT2D eigenvalue weighted by Gasteiger charge is 2.78. The standard InChI is InChI=1S/C24H29F3O6/c1-12-7-15-16-9-22(25,26)17-8-14(29)5-6-20(17,3)23(16,27)18(30)10-21(15,4)24(12,32)19(31)11-33-13(2)28/h5-6,8,12,15-16,18,30,32H,7,9-11H2,1-4H3/t12-,15+,16+,18+,20+,21+,23+,24+/m1/s1. The Bertz CT molecular complexity index is 991. The maximum Gasteiger partial charge on any atom is 0.303 e. The number of aliphatic hydroxyl groups is 2. The zero-order valence-electron chi connectivity index (χ0n) is 19.0. The number of hydrogen-bond acceptors (Lipinski definition) is 6. The molecule has 0 radical (unpaired) electrons. The van der Waals surface area contributed by atoms with E-state index in [1.54, 1.807) is 6.92 Å². The molecule has 0 aromatic heterocycles. The summed E-state index contributed by atoms with van der Waals surface area (Å²) in [5.41, 5.74) is -8.65. The third-order valence-corrected chi connectivity index (χ3v) is 9.06. The molecule has 3 saturated carbocycles. The van der Waals surface area contributed by atoms with Crippen LogP contribution in [0, 0.1) is 28.6 Å². The Kier molecular flexibility index (Phi) is 5.13. The number of halogens is 3. The van der Waals surface area contributed by atoms with Crippen LogP contribution in [0.2, 0.25) is 0 Å². The summed E-state index contributed by atoms with van der Waals surface area (Å²) in [4.78, 5) is 36.1. The fourth-order valence-electron chi connectivity index (χ4n) is 7.44. The van der Waals surface area contributed by atoms with E-state index in [1.807, 2.05) is 0 Å². The van der Waals surface area contributed by atoms with Crippen LogP contribution in [-0.2, 0) is 19.1 Å². The molecule has 6 nitrogen and oxygen atoms in total. The van der Waals surface area contributed by atoms with Crippen molar-refractivity contribution in [3.63, 3.8) is 0 Å². The lowest BCUT2D eigenvalue weighted by Crippen LogP contribution is -2.71. The molecule has 4 aliphatic rings. The normalized spacial score (nSPS) is 47.8. The Morgan fingerprint density at radius 2 is 1.82 bits per heavy atom. The molecular formula is C24H29F3O6. The predicted molar refractivity (Wildman–Crippen MR) is 110 cm³/mol. The van der Waals surface area contributed by atoms with Crippen molar-refractivity contribution < 1.29 is 42.5 Å². The molecule has 8 atom stereocenters. The fourth-order valence-corrected chi connectivity index (χ4v) is 7.44. The van der Waals surface area contributed by atoms with Crippen molar-refractivity contribution in [2.24, 2.45) is 28.6 Å². The van der Waals surface area contributed by atoms with E-state index in [4.69, 9.17) is 4.74 Å². The number of carbonyl (C=O) groups excluding carboxylic acids is 3. The van der Waals surface area contributed by atoms with Gasteiger partial charge >= 0.3 is 5.97 Å². The second-order valence-electron chi connectivity index (χ2n) is 10.6. The van der Waals surface area contributed by atoms with Crippen LogP contribution >= 0.6 is 0 Å². The second-order valence-corrected chi connectivity index (χ2v) is 10.6. The van der Waals surface area contributed by atoms with Crippen molar-refractivity contribution >= 4 is 17.5 Å². The molecule has 4 aliphatic carbocycles. The third-order valence-electron chi connectivity index (χ3n) is 9.06. The summed E-state index contributed by atoms with van der Waals surface area (Å²) in [5, 5.41) is 22.8. The van der Waals surface area contributed by atoms with Gasteiger partial charge < -0.3 is 14.9 Å². The number of allylic oxidation sites excluding steroid dienone is 4. The van der Waals surface area contributed by atoms with Gasteiger partial charge in [0.25, 0.3) is 5.92 Å². The lowest BCUT2D eigenvalue weighted by atomic mass is 9.44. The van der Waals surface area contributed by atoms with Gasteiger partial charge in [-0.15, -0.1) is 0 Å². The number of rotatable bonds is 3. The van der Waals surface area contributed by atoms with E-state index in [2.05, 4.69) is 0 Å². The van der Waals surface area contributed by atoms with Crippen molar-refractivity contribution in [1.29, 1.82) is 0 Å². The zero-order chi connectivity index (χ0) is 24.8. The van der Waals surface area contributed by atoms with Crippen LogP contribution in [0.1, 0.15) is 47.0 Å². The molecular weight excluding hydrogens is 441 g/mol. The van der Waals surface area contributed by atoms with Gasteiger partial charge in [-0.3, -0.25) is 14.4 Å². The van der Waals surface area contributed by atoms with E-state index < -0.39 is 88.0 Å². The first-order chi connectivity index (χ1) is 15.1. The van der Waals surface area contributed by atoms with Crippen LogP contribution in [0.5, 0.6) is 0 Å². The molecule has 3 fully saturated rings. The maximum absolute atomic E-state index is 17.0. The lowest BCUT2D eigenvalue weighted by Gasteiger charge is -2.63. The van der Waals surface area contributed by atoms with Gasteiger partial charge in [-0.2, -0.15) is 0 Å². The number of Topliss-reactive ketones (excluding diaryl/α,β-unsaturated/α-hetero) is 1. The summed E-state index contributed by atoms with van der Waals surface area (Å²) in [5.74, 6) is -8.69. The molecule has 0 aliphatic heterocycles. The third kappa shape index (κ3) is 2.84. The molecule has 0 saturated heterocycles. The summed E-state index contributed by atoms with van der Waals surface area (Å²) < 4.78 is 52.6. The second kappa shape index (κ2) is 7.01. The molecule has 0 amide bonds. The summed E-state index contributed by atoms with van der Waals surface area (Å²) in [7, 11) is 0. The molecule has 33 heavy (non-hydrogen) atoms. The molecule has 0 aromatic carbocycles. The Labute approximate surface area is 189 Å². The van der Waals surface area contributed by atoms with Crippen molar-refractivity contribution in [3.05, 3.63) is 23.8 Å². The Balaban J connectivity index is 1.83. The van der Waals surface area contributed by atoms with Crippen LogP contribution in [0.15, 0.2) is 23.8 Å². The smallest absolute Gasteiger partial charge is 0.303 e. The Morgan fingerprint density at radius 3 is 2.42 bits per heavy atom. The van der Waals surface area contributed by atoms with E-state index in [1.165, 1.54) is 13.8 Å². The largest absolute Gasteiger partial charge is 0.458 e. The number of alkyl halides is 3. The van der Waals surface area contributed by atoms with Crippen molar-refractivity contribution in [3.8, 4) is 0 Å². The monoisotopic (exact) mass is 470 g/mol. The number of carbonyl (C=O) groups is 3. The molecule has 0 aromatic rings. The van der Waals surface area contributed by atoms with E-state index in [-0.39, 0.29) is 12.8 Å². The highest BCUT2D eigenvalue weighted by Crippen LogP contribution is 2.72. The fraction of sp³-hybridized carbons (Fsp3) is 0.708. The van der Waals surface area contributed by atoms with E-state index in [0.29, 0.717) is 0 Å². The molecule has 0 spiro atoms. The average Bonchev–Trinajstić information content (AvgIpc) is 2.91. The molecule has 0 bridgehead atoms. The number of aliphatic hydroxyl groups excluding tert-OH is 1. The maximum atomic E-state index is 17.0. The molecule has 2 N–H and O–H groups in total. The van der Waals surface area contributed by atoms with Crippen LogP contribution in [-0.4, -0.2) is 57.7 Å². The number of hydrogen-bond donors (Lipinski definition) is 2. The van der Waals surface area contributed by atoms with Gasteiger partial charge in [-0.05, 0) is 43.8 Å². The SMILES string of the molecule is CC(=O)OCC(=O)[C@@]1(O)[C@H](C)C[C@H]2[C@@H]3CC(F)(F)C4=CC(=O)C=C[C@]4(C)[C@@]3(F)[C@@H](O)C[C@@]21C. The van der Waals surface area contributed by atoms with E-state index in [9.17, 15) is 24.6 Å². The minimum absolute atomic E-state index is 0.0791. The molecule has 0 unspecified atom stereocenters. The molecule has 0 heterocycles. The summed E-state index contributed by atoms with van der Waals surface area (Å²) in [6, 6.07) is 0. The molecule has 9 heteroatoms. The minimum atomic E-state index is -3.51. The summed E-state index contributed by atoms with van der Waals surface area (Å²) in [6.07, 6.45) is -0.0981. The number of ketones is 2. The molecule has 182 valence electrons. The van der Waals surface area contributed by atoms with Gasteiger partial charge in [-0.25, -0.2) is 13.2 Å². The quantitative estimate of drug-likeness (QED) is 0.616.